The summed E-state index contributed by atoms with van der Waals surface area (Å²) in [7, 11) is 0. The van der Waals surface area contributed by atoms with Gasteiger partial charge in [-0.2, -0.15) is 0 Å². The lowest BCUT2D eigenvalue weighted by Crippen LogP contribution is -2.15. The highest BCUT2D eigenvalue weighted by Crippen LogP contribution is 2.19. The summed E-state index contributed by atoms with van der Waals surface area (Å²) >= 11 is 0. The fourth-order valence-electron chi connectivity index (χ4n) is 1.10. The van der Waals surface area contributed by atoms with E-state index in [4.69, 9.17) is 16.6 Å². The van der Waals surface area contributed by atoms with Gasteiger partial charge in [0.25, 0.3) is 0 Å². The van der Waals surface area contributed by atoms with Gasteiger partial charge in [0.15, 0.2) is 0 Å². The minimum atomic E-state index is -1.000. The summed E-state index contributed by atoms with van der Waals surface area (Å²) in [6.45, 7) is 0. The maximum atomic E-state index is 12.7. The van der Waals surface area contributed by atoms with Crippen LogP contribution in [0.2, 0.25) is 0 Å². The van der Waals surface area contributed by atoms with Crippen LogP contribution in [0.3, 0.4) is 0 Å². The van der Waals surface area contributed by atoms with E-state index in [1.165, 1.54) is 18.2 Å². The molecule has 1 aromatic carbocycles. The van der Waals surface area contributed by atoms with Crippen LogP contribution in [0.25, 0.3) is 0 Å². The minimum Gasteiger partial charge on any atom is -0.481 e. The highest BCUT2D eigenvalue weighted by molar-refractivity contribution is 5.68. The number of nitrogen functional groups attached to an aromatic ring is 1. The number of nitrogens with two attached hydrogens (primary N) is 2. The number of hydrogen-bond acceptors (Lipinski definition) is 3. The molecule has 0 heterocycles. The van der Waals surface area contributed by atoms with Crippen LogP contribution in [0.4, 0.5) is 10.1 Å². The number of rotatable bonds is 3. The van der Waals surface area contributed by atoms with E-state index in [1.807, 2.05) is 0 Å². The van der Waals surface area contributed by atoms with Crippen LogP contribution in [0.5, 0.6) is 0 Å². The summed E-state index contributed by atoms with van der Waals surface area (Å²) in [4.78, 5) is 10.3. The summed E-state index contributed by atoms with van der Waals surface area (Å²) < 4.78 is 12.7. The van der Waals surface area contributed by atoms with Crippen LogP contribution in [0, 0.1) is 5.82 Å². The molecule has 0 bridgehead atoms. The van der Waals surface area contributed by atoms with E-state index in [1.54, 1.807) is 0 Å². The molecule has 1 aromatic rings. The van der Waals surface area contributed by atoms with Gasteiger partial charge < -0.3 is 16.6 Å². The largest absolute Gasteiger partial charge is 0.481 e. The van der Waals surface area contributed by atoms with E-state index in [-0.39, 0.29) is 12.1 Å². The predicted molar refractivity (Wildman–Crippen MR) is 50.0 cm³/mol. The van der Waals surface area contributed by atoms with Crippen molar-refractivity contribution in [1.29, 1.82) is 0 Å². The second-order valence-corrected chi connectivity index (χ2v) is 2.99. The molecule has 0 aliphatic heterocycles. The Balaban J connectivity index is 2.85. The molecule has 0 saturated carbocycles. The Kier molecular flexibility index (Phi) is 3.03. The van der Waals surface area contributed by atoms with E-state index in [0.717, 1.165) is 0 Å². The zero-order valence-corrected chi connectivity index (χ0v) is 7.40. The highest BCUT2D eigenvalue weighted by atomic mass is 19.1. The number of benzene rings is 1. The molecule has 76 valence electrons. The molecule has 0 aliphatic rings. The zero-order valence-electron chi connectivity index (χ0n) is 7.40. The van der Waals surface area contributed by atoms with Crippen molar-refractivity contribution in [2.75, 3.05) is 5.73 Å². The van der Waals surface area contributed by atoms with Gasteiger partial charge in [0.05, 0.1) is 12.1 Å². The summed E-state index contributed by atoms with van der Waals surface area (Å²) in [5.74, 6) is -1.53. The van der Waals surface area contributed by atoms with Crippen molar-refractivity contribution in [3.63, 3.8) is 0 Å². The van der Waals surface area contributed by atoms with E-state index >= 15 is 0 Å². The first kappa shape index (κ1) is 10.5. The lowest BCUT2D eigenvalue weighted by Gasteiger charge is -2.09. The number of carboxylic acid groups (broad SMARTS) is 1. The maximum Gasteiger partial charge on any atom is 0.305 e. The van der Waals surface area contributed by atoms with Crippen molar-refractivity contribution < 1.29 is 14.3 Å². The molecule has 0 radical (unpaired) electrons. The molecule has 0 saturated heterocycles. The first-order valence-corrected chi connectivity index (χ1v) is 4.03. The first-order valence-electron chi connectivity index (χ1n) is 4.03. The fraction of sp³-hybridized carbons (Fsp3) is 0.222. The Labute approximate surface area is 80.3 Å². The monoisotopic (exact) mass is 198 g/mol. The van der Waals surface area contributed by atoms with Crippen LogP contribution in [0.1, 0.15) is 18.0 Å². The van der Waals surface area contributed by atoms with Gasteiger partial charge in [0.2, 0.25) is 0 Å². The van der Waals surface area contributed by atoms with Gasteiger partial charge in [-0.05, 0) is 17.7 Å². The second kappa shape index (κ2) is 4.06. The highest BCUT2D eigenvalue weighted by Gasteiger charge is 2.11. The summed E-state index contributed by atoms with van der Waals surface area (Å²) in [6, 6.07) is 3.30. The van der Waals surface area contributed by atoms with Crippen LogP contribution < -0.4 is 11.5 Å². The molecule has 0 amide bonds. The minimum absolute atomic E-state index is 0.0247. The van der Waals surface area contributed by atoms with Gasteiger partial charge in [-0.15, -0.1) is 0 Å². The Morgan fingerprint density at radius 1 is 1.57 bits per heavy atom. The SMILES string of the molecule is Nc1cc([C@@H](N)CC(=O)O)ccc1F. The van der Waals surface area contributed by atoms with Crippen LogP contribution in [-0.2, 0) is 4.79 Å². The van der Waals surface area contributed by atoms with Crippen molar-refractivity contribution in [2.24, 2.45) is 5.73 Å². The van der Waals surface area contributed by atoms with Crippen molar-refractivity contribution >= 4 is 11.7 Å². The first-order chi connectivity index (χ1) is 6.50. The van der Waals surface area contributed by atoms with Crippen molar-refractivity contribution in [1.82, 2.24) is 0 Å². The number of hydrogen-bond donors (Lipinski definition) is 3. The predicted octanol–water partition coefficient (Wildman–Crippen LogP) is 0.882. The number of anilines is 1. The van der Waals surface area contributed by atoms with E-state index < -0.39 is 17.8 Å². The second-order valence-electron chi connectivity index (χ2n) is 2.99. The molecular weight excluding hydrogens is 187 g/mol. The summed E-state index contributed by atoms with van der Waals surface area (Å²) in [6.07, 6.45) is -0.203. The molecule has 14 heavy (non-hydrogen) atoms. The molecule has 0 spiro atoms. The molecule has 5 N–H and O–H groups in total. The number of aliphatic carboxylic acids is 1. The number of carboxylic acids is 1. The van der Waals surface area contributed by atoms with E-state index in [2.05, 4.69) is 0 Å². The molecule has 0 unspecified atom stereocenters. The Morgan fingerprint density at radius 3 is 2.71 bits per heavy atom. The molecule has 0 aliphatic carbocycles. The van der Waals surface area contributed by atoms with Gasteiger partial charge >= 0.3 is 5.97 Å². The van der Waals surface area contributed by atoms with Gasteiger partial charge in [0.1, 0.15) is 5.82 Å². The summed E-state index contributed by atoms with van der Waals surface area (Å²) in [5.41, 5.74) is 11.4. The lowest BCUT2D eigenvalue weighted by atomic mass is 10.0. The lowest BCUT2D eigenvalue weighted by molar-refractivity contribution is -0.137. The van der Waals surface area contributed by atoms with Gasteiger partial charge in [-0.3, -0.25) is 4.79 Å². The third kappa shape index (κ3) is 2.43. The quantitative estimate of drug-likeness (QED) is 0.629. The molecule has 1 atom stereocenters. The Hall–Kier alpha value is -1.62. The van der Waals surface area contributed by atoms with E-state index in [0.29, 0.717) is 5.56 Å². The standard InChI is InChI=1S/C9H11FN2O2/c10-6-2-1-5(3-8(6)12)7(11)4-9(13)14/h1-3,7H,4,11-12H2,(H,13,14)/t7-/m0/s1. The Morgan fingerprint density at radius 2 is 2.21 bits per heavy atom. The molecule has 1 rings (SSSR count). The third-order valence-corrected chi connectivity index (χ3v) is 1.84. The van der Waals surface area contributed by atoms with Gasteiger partial charge in [0, 0.05) is 6.04 Å². The van der Waals surface area contributed by atoms with Crippen LogP contribution >= 0.6 is 0 Å². The molecule has 0 fully saturated rings. The topological polar surface area (TPSA) is 89.3 Å². The average Bonchev–Trinajstić information content (AvgIpc) is 2.08. The molecule has 0 aromatic heterocycles. The van der Waals surface area contributed by atoms with Crippen molar-refractivity contribution in [3.05, 3.63) is 29.6 Å². The van der Waals surface area contributed by atoms with Crippen molar-refractivity contribution in [2.45, 2.75) is 12.5 Å². The molecule has 5 heteroatoms. The fourth-order valence-corrected chi connectivity index (χ4v) is 1.10. The number of carbonyl (C=O) groups is 1. The third-order valence-electron chi connectivity index (χ3n) is 1.84. The average molecular weight is 198 g/mol. The normalized spacial score (nSPS) is 12.4. The van der Waals surface area contributed by atoms with Crippen LogP contribution in [0.15, 0.2) is 18.2 Å². The molecule has 4 nitrogen and oxygen atoms in total. The van der Waals surface area contributed by atoms with Gasteiger partial charge in [-0.1, -0.05) is 6.07 Å². The number of halogens is 1. The summed E-state index contributed by atoms with van der Waals surface area (Å²) in [5, 5.41) is 8.48. The maximum absolute atomic E-state index is 12.7. The molecular formula is C9H11FN2O2. The van der Waals surface area contributed by atoms with Crippen LogP contribution in [-0.4, -0.2) is 11.1 Å². The smallest absolute Gasteiger partial charge is 0.305 e. The van der Waals surface area contributed by atoms with Gasteiger partial charge in [-0.25, -0.2) is 4.39 Å². The van der Waals surface area contributed by atoms with E-state index in [9.17, 15) is 9.18 Å². The van der Waals surface area contributed by atoms with Crippen molar-refractivity contribution in [3.8, 4) is 0 Å². The zero-order chi connectivity index (χ0) is 10.7. The Bertz CT molecular complexity index is 355.